The minimum absolute atomic E-state index is 0.164. The summed E-state index contributed by atoms with van der Waals surface area (Å²) in [6.07, 6.45) is 1.68. The lowest BCUT2D eigenvalue weighted by Gasteiger charge is -2.12. The van der Waals surface area contributed by atoms with Crippen molar-refractivity contribution in [1.82, 2.24) is 0 Å². The van der Waals surface area contributed by atoms with E-state index in [0.29, 0.717) is 23.5 Å². The lowest BCUT2D eigenvalue weighted by Crippen LogP contribution is -1.99. The van der Waals surface area contributed by atoms with Gasteiger partial charge in [0.05, 0.1) is 34.2 Å². The second-order valence-electron chi connectivity index (χ2n) is 6.58. The van der Waals surface area contributed by atoms with Crippen molar-refractivity contribution >= 4 is 39.0 Å². The van der Waals surface area contributed by atoms with Crippen molar-refractivity contribution < 1.29 is 19.3 Å². The van der Waals surface area contributed by atoms with Crippen LogP contribution in [0, 0.1) is 31.6 Å². The van der Waals surface area contributed by atoms with E-state index >= 15 is 0 Å². The molecule has 0 unspecified atom stereocenters. The molecule has 0 bridgehead atoms. The van der Waals surface area contributed by atoms with Crippen LogP contribution in [0.25, 0.3) is 11.6 Å². The predicted molar refractivity (Wildman–Crippen MR) is 125 cm³/mol. The van der Waals surface area contributed by atoms with Crippen LogP contribution in [-0.2, 0) is 0 Å². The van der Waals surface area contributed by atoms with Crippen LogP contribution in [0.2, 0.25) is 0 Å². The summed E-state index contributed by atoms with van der Waals surface area (Å²) in [7, 11) is 0. The Morgan fingerprint density at radius 3 is 2.30 bits per heavy atom. The smallest absolute Gasteiger partial charge is 0.318 e. The van der Waals surface area contributed by atoms with E-state index in [4.69, 9.17) is 9.47 Å². The number of allylic oxidation sites excluding steroid dienone is 1. The molecule has 0 amide bonds. The van der Waals surface area contributed by atoms with Crippen molar-refractivity contribution in [2.45, 2.75) is 6.92 Å². The molecule has 0 aliphatic heterocycles. The Bertz CT molecular complexity index is 1280. The summed E-state index contributed by atoms with van der Waals surface area (Å²) in [5, 5.41) is 31.9. The molecule has 9 nitrogen and oxygen atoms in total. The molecule has 0 aromatic heterocycles. The second kappa shape index (κ2) is 10.4. The minimum Gasteiger partial charge on any atom is -0.490 e. The number of non-ortho nitro benzene ring substituents is 1. The number of halogens is 1. The molecule has 0 saturated carbocycles. The fourth-order valence-electron chi connectivity index (χ4n) is 2.91. The standard InChI is InChI=1S/C23H16BrN3O6/c1-2-32-23-12-15(11-17(14-25)16-4-6-18(24)7-5-16)3-9-22(23)33-21-10-8-19(26(28)29)13-20(21)27(30)31/h3-13H,2H2,1H3/b17-11+. The lowest BCUT2D eigenvalue weighted by molar-refractivity contribution is -0.394. The number of nitriles is 1. The third kappa shape index (κ3) is 5.72. The molecule has 0 saturated heterocycles. The highest BCUT2D eigenvalue weighted by molar-refractivity contribution is 9.10. The SMILES string of the molecule is CCOc1cc(/C=C(\C#N)c2ccc(Br)cc2)ccc1Oc1ccc([N+](=O)[O-])cc1[N+](=O)[O-]. The molecule has 166 valence electrons. The van der Waals surface area contributed by atoms with E-state index < -0.39 is 21.2 Å². The maximum Gasteiger partial charge on any atom is 0.318 e. The topological polar surface area (TPSA) is 129 Å². The zero-order valence-electron chi connectivity index (χ0n) is 17.2. The van der Waals surface area contributed by atoms with Gasteiger partial charge in [-0.05, 0) is 54.5 Å². The van der Waals surface area contributed by atoms with Gasteiger partial charge in [0.15, 0.2) is 11.5 Å². The first-order chi connectivity index (χ1) is 15.8. The first kappa shape index (κ1) is 23.4. The molecule has 33 heavy (non-hydrogen) atoms. The Balaban J connectivity index is 1.98. The molecule has 3 rings (SSSR count). The van der Waals surface area contributed by atoms with Crippen LogP contribution >= 0.6 is 15.9 Å². The van der Waals surface area contributed by atoms with Gasteiger partial charge in [-0.1, -0.05) is 34.1 Å². The van der Waals surface area contributed by atoms with Gasteiger partial charge in [-0.3, -0.25) is 20.2 Å². The van der Waals surface area contributed by atoms with Crippen LogP contribution in [-0.4, -0.2) is 16.5 Å². The molecule has 3 aromatic rings. The maximum atomic E-state index is 11.4. The fraction of sp³-hybridized carbons (Fsp3) is 0.0870. The summed E-state index contributed by atoms with van der Waals surface area (Å²) >= 11 is 3.36. The quantitative estimate of drug-likeness (QED) is 0.146. The van der Waals surface area contributed by atoms with Gasteiger partial charge in [0.25, 0.3) is 5.69 Å². The number of hydrogen-bond acceptors (Lipinski definition) is 7. The lowest BCUT2D eigenvalue weighted by atomic mass is 10.0. The number of benzene rings is 3. The van der Waals surface area contributed by atoms with Gasteiger partial charge in [-0.25, -0.2) is 0 Å². The van der Waals surface area contributed by atoms with Crippen molar-refractivity contribution in [2.24, 2.45) is 0 Å². The Hall–Kier alpha value is -4.23. The summed E-state index contributed by atoms with van der Waals surface area (Å²) in [6, 6.07) is 17.5. The molecule has 0 aliphatic rings. The molecule has 0 radical (unpaired) electrons. The van der Waals surface area contributed by atoms with Crippen LogP contribution in [0.5, 0.6) is 17.2 Å². The molecule has 10 heteroatoms. The average Bonchev–Trinajstić information content (AvgIpc) is 2.79. The molecule has 0 fully saturated rings. The number of rotatable bonds is 8. The van der Waals surface area contributed by atoms with Crippen molar-refractivity contribution in [3.63, 3.8) is 0 Å². The van der Waals surface area contributed by atoms with Crippen molar-refractivity contribution in [3.8, 4) is 23.3 Å². The summed E-state index contributed by atoms with van der Waals surface area (Å²) in [5.41, 5.74) is 0.864. The van der Waals surface area contributed by atoms with Crippen LogP contribution in [0.1, 0.15) is 18.1 Å². The molecular formula is C23H16BrN3O6. The molecule has 0 spiro atoms. The third-order valence-electron chi connectivity index (χ3n) is 4.42. The highest BCUT2D eigenvalue weighted by Gasteiger charge is 2.22. The van der Waals surface area contributed by atoms with E-state index in [-0.39, 0.29) is 11.5 Å². The van der Waals surface area contributed by atoms with Gasteiger partial charge in [-0.2, -0.15) is 5.26 Å². The van der Waals surface area contributed by atoms with Crippen molar-refractivity contribution in [3.05, 3.63) is 96.5 Å². The third-order valence-corrected chi connectivity index (χ3v) is 4.95. The fourth-order valence-corrected chi connectivity index (χ4v) is 3.17. The number of nitrogens with zero attached hydrogens (tertiary/aromatic N) is 3. The first-order valence-corrected chi connectivity index (χ1v) is 10.4. The average molecular weight is 510 g/mol. The molecule has 3 aromatic carbocycles. The summed E-state index contributed by atoms with van der Waals surface area (Å²) in [4.78, 5) is 20.9. The molecule has 0 aliphatic carbocycles. The Morgan fingerprint density at radius 2 is 1.70 bits per heavy atom. The van der Waals surface area contributed by atoms with Gasteiger partial charge >= 0.3 is 5.69 Å². The van der Waals surface area contributed by atoms with E-state index in [0.717, 1.165) is 22.2 Å². The summed E-state index contributed by atoms with van der Waals surface area (Å²) < 4.78 is 12.2. The van der Waals surface area contributed by atoms with Crippen molar-refractivity contribution in [2.75, 3.05) is 6.61 Å². The zero-order chi connectivity index (χ0) is 24.0. The van der Waals surface area contributed by atoms with Gasteiger partial charge in [-0.15, -0.1) is 0 Å². The van der Waals surface area contributed by atoms with Gasteiger partial charge in [0, 0.05) is 10.5 Å². The van der Waals surface area contributed by atoms with Gasteiger partial charge < -0.3 is 9.47 Å². The van der Waals surface area contributed by atoms with E-state index in [2.05, 4.69) is 22.0 Å². The maximum absolute atomic E-state index is 11.4. The normalized spacial score (nSPS) is 10.9. The monoisotopic (exact) mass is 509 g/mol. The van der Waals surface area contributed by atoms with E-state index in [9.17, 15) is 25.5 Å². The van der Waals surface area contributed by atoms with E-state index in [1.807, 2.05) is 24.3 Å². The predicted octanol–water partition coefficient (Wildman–Crippen LogP) is 6.52. The van der Waals surface area contributed by atoms with Gasteiger partial charge in [0.1, 0.15) is 0 Å². The first-order valence-electron chi connectivity index (χ1n) is 9.57. The summed E-state index contributed by atoms with van der Waals surface area (Å²) in [5.74, 6) is 0.322. The number of ether oxygens (including phenoxy) is 2. The van der Waals surface area contributed by atoms with Crippen molar-refractivity contribution in [1.29, 1.82) is 5.26 Å². The summed E-state index contributed by atoms with van der Waals surface area (Å²) in [6.45, 7) is 2.06. The highest BCUT2D eigenvalue weighted by atomic mass is 79.9. The highest BCUT2D eigenvalue weighted by Crippen LogP contribution is 2.39. The van der Waals surface area contributed by atoms with Crippen LogP contribution < -0.4 is 9.47 Å². The Labute approximate surface area is 196 Å². The van der Waals surface area contributed by atoms with E-state index in [1.54, 1.807) is 31.2 Å². The number of hydrogen-bond donors (Lipinski definition) is 0. The van der Waals surface area contributed by atoms with Crippen LogP contribution in [0.3, 0.4) is 0 Å². The Morgan fingerprint density at radius 1 is 1.00 bits per heavy atom. The van der Waals surface area contributed by atoms with E-state index in [1.165, 1.54) is 6.07 Å². The number of nitro groups is 2. The Kier molecular flexibility index (Phi) is 7.38. The molecular weight excluding hydrogens is 494 g/mol. The molecule has 0 heterocycles. The van der Waals surface area contributed by atoms with Gasteiger partial charge in [0.2, 0.25) is 5.75 Å². The van der Waals surface area contributed by atoms with Crippen LogP contribution in [0.15, 0.2) is 65.1 Å². The zero-order valence-corrected chi connectivity index (χ0v) is 18.8. The largest absolute Gasteiger partial charge is 0.490 e. The molecule has 0 atom stereocenters. The molecule has 0 N–H and O–H groups in total. The second-order valence-corrected chi connectivity index (χ2v) is 7.50. The number of nitro benzene ring substituents is 2. The van der Waals surface area contributed by atoms with Crippen LogP contribution in [0.4, 0.5) is 11.4 Å². The minimum atomic E-state index is -0.753.